The maximum absolute atomic E-state index is 14.6. The van der Waals surface area contributed by atoms with Crippen LogP contribution in [-0.4, -0.2) is 47.8 Å². The van der Waals surface area contributed by atoms with E-state index >= 15 is 0 Å². The number of anilines is 2. The molecule has 0 saturated carbocycles. The van der Waals surface area contributed by atoms with E-state index in [1.54, 1.807) is 0 Å². The van der Waals surface area contributed by atoms with E-state index in [1.165, 1.54) is 41.2 Å². The number of halogens is 3. The lowest BCUT2D eigenvalue weighted by molar-refractivity contribution is 0.102. The molecule has 0 atom stereocenters. The Bertz CT molecular complexity index is 1620. The minimum atomic E-state index is -3.84. The number of nitrogens with zero attached hydrogens (tertiary/aromatic N) is 4. The van der Waals surface area contributed by atoms with Crippen LogP contribution in [0.2, 0.25) is 0 Å². The molecule has 0 spiro atoms. The number of amides is 1. The zero-order valence-corrected chi connectivity index (χ0v) is 20.6. The number of carbonyl (C=O) groups excluding carboxylic acids is 1. The Labute approximate surface area is 215 Å². The van der Waals surface area contributed by atoms with Crippen molar-refractivity contribution in [3.05, 3.63) is 78.1 Å². The first-order chi connectivity index (χ1) is 18.1. The third-order valence-electron chi connectivity index (χ3n) is 6.18. The van der Waals surface area contributed by atoms with E-state index in [9.17, 15) is 26.4 Å². The summed E-state index contributed by atoms with van der Waals surface area (Å²) in [6.07, 6.45) is 5.14. The molecule has 0 radical (unpaired) electrons. The molecule has 1 amide bonds. The summed E-state index contributed by atoms with van der Waals surface area (Å²) < 4.78 is 69.7. The number of nitrogens with two attached hydrogens (primary N) is 1. The Morgan fingerprint density at radius 2 is 1.79 bits per heavy atom. The first-order valence-electron chi connectivity index (χ1n) is 11.5. The fourth-order valence-corrected chi connectivity index (χ4v) is 5.17. The van der Waals surface area contributed by atoms with E-state index < -0.39 is 39.1 Å². The molecular formula is C24H22F3N7O3S. The maximum Gasteiger partial charge on any atom is 0.275 e. The number of hydrogen-bond acceptors (Lipinski definition) is 6. The van der Waals surface area contributed by atoms with Gasteiger partial charge in [0.15, 0.2) is 5.65 Å². The summed E-state index contributed by atoms with van der Waals surface area (Å²) in [6.45, 7) is 0.829. The highest BCUT2D eigenvalue weighted by molar-refractivity contribution is 7.87. The summed E-state index contributed by atoms with van der Waals surface area (Å²) in [4.78, 5) is 23.5. The standard InChI is InChI=1S/C24H22F3N7O3S/c25-14-4-5-20(33-9-6-15(7-10-33)32-38(28,36)37)18(12-14)31-24(35)19-13-34-11-8-29-23(34)22(30-19)21-16(26)2-1-3-17(21)27/h1-5,8,11-13,15,32H,6-7,9-10H2,(H,31,35)(H2,28,36,37). The van der Waals surface area contributed by atoms with Crippen molar-refractivity contribution in [3.63, 3.8) is 0 Å². The minimum Gasteiger partial charge on any atom is -0.370 e. The van der Waals surface area contributed by atoms with Crippen LogP contribution in [0.1, 0.15) is 23.3 Å². The molecule has 2 aromatic carbocycles. The van der Waals surface area contributed by atoms with Crippen molar-refractivity contribution in [1.82, 2.24) is 19.1 Å². The van der Waals surface area contributed by atoms with Crippen LogP contribution in [0.4, 0.5) is 24.5 Å². The van der Waals surface area contributed by atoms with Crippen molar-refractivity contribution in [2.75, 3.05) is 23.3 Å². The van der Waals surface area contributed by atoms with Crippen LogP contribution in [0, 0.1) is 17.5 Å². The topological polar surface area (TPSA) is 135 Å². The number of rotatable bonds is 6. The van der Waals surface area contributed by atoms with E-state index in [-0.39, 0.29) is 28.8 Å². The van der Waals surface area contributed by atoms with Gasteiger partial charge in [0.2, 0.25) is 0 Å². The number of carbonyl (C=O) groups is 1. The van der Waals surface area contributed by atoms with Gasteiger partial charge in [0.1, 0.15) is 28.8 Å². The summed E-state index contributed by atoms with van der Waals surface area (Å²) >= 11 is 0. The molecule has 1 aliphatic heterocycles. The number of nitrogens with one attached hydrogen (secondary N) is 2. The van der Waals surface area contributed by atoms with E-state index in [1.807, 2.05) is 4.90 Å². The molecule has 4 aromatic rings. The Morgan fingerprint density at radius 3 is 2.47 bits per heavy atom. The average Bonchev–Trinajstić information content (AvgIpc) is 3.33. The molecule has 4 N–H and O–H groups in total. The lowest BCUT2D eigenvalue weighted by atomic mass is 10.0. The van der Waals surface area contributed by atoms with Crippen molar-refractivity contribution in [2.45, 2.75) is 18.9 Å². The molecule has 0 bridgehead atoms. The van der Waals surface area contributed by atoms with E-state index in [0.29, 0.717) is 31.6 Å². The fourth-order valence-electron chi connectivity index (χ4n) is 4.47. The summed E-state index contributed by atoms with van der Waals surface area (Å²) in [5.74, 6) is -3.07. The molecule has 38 heavy (non-hydrogen) atoms. The number of fused-ring (bicyclic) bond motifs is 1. The fraction of sp³-hybridized carbons (Fsp3) is 0.208. The second-order valence-corrected chi connectivity index (χ2v) is 10.1. The molecule has 1 fully saturated rings. The maximum atomic E-state index is 14.6. The van der Waals surface area contributed by atoms with Gasteiger partial charge in [-0.05, 0) is 43.2 Å². The third kappa shape index (κ3) is 5.32. The van der Waals surface area contributed by atoms with Crippen LogP contribution in [0.3, 0.4) is 0 Å². The Kier molecular flexibility index (Phi) is 6.77. The Morgan fingerprint density at radius 1 is 1.08 bits per heavy atom. The molecule has 2 aromatic heterocycles. The molecule has 0 unspecified atom stereocenters. The molecule has 0 aliphatic carbocycles. The number of imidazole rings is 1. The third-order valence-corrected chi connectivity index (χ3v) is 6.84. The molecule has 5 rings (SSSR count). The lowest BCUT2D eigenvalue weighted by Crippen LogP contribution is -2.46. The van der Waals surface area contributed by atoms with Crippen molar-refractivity contribution in [1.29, 1.82) is 0 Å². The van der Waals surface area contributed by atoms with Crippen LogP contribution >= 0.6 is 0 Å². The number of hydrogen-bond donors (Lipinski definition) is 3. The summed E-state index contributed by atoms with van der Waals surface area (Å²) in [6, 6.07) is 6.92. The smallest absolute Gasteiger partial charge is 0.275 e. The first kappa shape index (κ1) is 25.6. The van der Waals surface area contributed by atoms with Gasteiger partial charge in [-0.3, -0.25) is 4.79 Å². The molecule has 198 valence electrons. The predicted octanol–water partition coefficient (Wildman–Crippen LogP) is 2.83. The SMILES string of the molecule is NS(=O)(=O)NC1CCN(c2ccc(F)cc2NC(=O)c2cn3ccnc3c(-c3c(F)cccc3F)n2)CC1. The number of benzene rings is 2. The number of aromatic nitrogens is 3. The summed E-state index contributed by atoms with van der Waals surface area (Å²) in [5, 5.41) is 7.70. The van der Waals surface area contributed by atoms with E-state index in [0.717, 1.165) is 18.2 Å². The molecular weight excluding hydrogens is 523 g/mol. The second-order valence-electron chi connectivity index (χ2n) is 8.77. The lowest BCUT2D eigenvalue weighted by Gasteiger charge is -2.34. The first-order valence-corrected chi connectivity index (χ1v) is 13.1. The van der Waals surface area contributed by atoms with Crippen molar-refractivity contribution >= 4 is 33.1 Å². The Hall–Kier alpha value is -4.01. The molecule has 1 saturated heterocycles. The monoisotopic (exact) mass is 545 g/mol. The second kappa shape index (κ2) is 10.0. The van der Waals surface area contributed by atoms with Crippen LogP contribution in [0.25, 0.3) is 16.9 Å². The van der Waals surface area contributed by atoms with Crippen molar-refractivity contribution in [3.8, 4) is 11.3 Å². The van der Waals surface area contributed by atoms with Gasteiger partial charge in [-0.25, -0.2) is 28.3 Å². The van der Waals surface area contributed by atoms with Crippen LogP contribution in [0.5, 0.6) is 0 Å². The van der Waals surface area contributed by atoms with E-state index in [4.69, 9.17) is 5.14 Å². The summed E-state index contributed by atoms with van der Waals surface area (Å²) in [5.41, 5.74) is 0.0344. The quantitative estimate of drug-likeness (QED) is 0.341. The van der Waals surface area contributed by atoms with Gasteiger partial charge >= 0.3 is 0 Å². The molecule has 10 nitrogen and oxygen atoms in total. The van der Waals surface area contributed by atoms with Gasteiger partial charge in [-0.2, -0.15) is 13.1 Å². The molecule has 1 aliphatic rings. The Balaban J connectivity index is 1.44. The van der Waals surface area contributed by atoms with Gasteiger partial charge in [0, 0.05) is 37.7 Å². The van der Waals surface area contributed by atoms with Crippen LogP contribution in [-0.2, 0) is 10.2 Å². The average molecular weight is 546 g/mol. The highest BCUT2D eigenvalue weighted by Gasteiger charge is 2.25. The highest BCUT2D eigenvalue weighted by atomic mass is 32.2. The normalized spacial score (nSPS) is 14.7. The van der Waals surface area contributed by atoms with Gasteiger partial charge in [-0.1, -0.05) is 6.07 Å². The summed E-state index contributed by atoms with van der Waals surface area (Å²) in [7, 11) is -3.84. The zero-order valence-electron chi connectivity index (χ0n) is 19.7. The van der Waals surface area contributed by atoms with E-state index in [2.05, 4.69) is 20.0 Å². The predicted molar refractivity (Wildman–Crippen MR) is 134 cm³/mol. The molecule has 14 heteroatoms. The van der Waals surface area contributed by atoms with Gasteiger partial charge < -0.3 is 14.6 Å². The highest BCUT2D eigenvalue weighted by Crippen LogP contribution is 2.31. The van der Waals surface area contributed by atoms with Crippen LogP contribution < -0.4 is 20.1 Å². The number of piperidine rings is 1. The van der Waals surface area contributed by atoms with Crippen molar-refractivity contribution in [2.24, 2.45) is 5.14 Å². The van der Waals surface area contributed by atoms with Crippen LogP contribution in [0.15, 0.2) is 55.0 Å². The van der Waals surface area contributed by atoms with Gasteiger partial charge in [0.05, 0.1) is 16.9 Å². The minimum absolute atomic E-state index is 0.146. The van der Waals surface area contributed by atoms with Gasteiger partial charge in [-0.15, -0.1) is 0 Å². The van der Waals surface area contributed by atoms with Crippen molar-refractivity contribution < 1.29 is 26.4 Å². The van der Waals surface area contributed by atoms with Gasteiger partial charge in [0.25, 0.3) is 16.1 Å². The largest absolute Gasteiger partial charge is 0.370 e. The molecule has 3 heterocycles. The zero-order chi connectivity index (χ0) is 27.0.